The topological polar surface area (TPSA) is 30.3 Å². The third kappa shape index (κ3) is 6.44. The van der Waals surface area contributed by atoms with Crippen LogP contribution in [0.3, 0.4) is 0 Å². The molecule has 0 fully saturated rings. The van der Waals surface area contributed by atoms with Gasteiger partial charge in [-0.2, -0.15) is 0 Å². The lowest BCUT2D eigenvalue weighted by Crippen LogP contribution is -2.28. The Morgan fingerprint density at radius 1 is 1.08 bits per heavy atom. The molecule has 0 unspecified atom stereocenters. The van der Waals surface area contributed by atoms with Crippen LogP contribution in [0.5, 0.6) is 5.75 Å². The van der Waals surface area contributed by atoms with Gasteiger partial charge in [-0.1, -0.05) is 26.7 Å². The molecule has 0 amide bonds. The van der Waals surface area contributed by atoms with Gasteiger partial charge >= 0.3 is 0 Å². The monoisotopic (exact) mass is 421 g/mol. The van der Waals surface area contributed by atoms with Gasteiger partial charge in [-0.25, -0.2) is 4.98 Å². The van der Waals surface area contributed by atoms with E-state index < -0.39 is 0 Å². The minimum absolute atomic E-state index is 0.753. The summed E-state index contributed by atoms with van der Waals surface area (Å²) in [5, 5.41) is 0. The van der Waals surface area contributed by atoms with Gasteiger partial charge in [0.1, 0.15) is 11.6 Å². The maximum atomic E-state index is 5.96. The summed E-state index contributed by atoms with van der Waals surface area (Å²) in [6.45, 7) is 8.80. The van der Waals surface area contributed by atoms with Gasteiger partial charge in [0.15, 0.2) is 0 Å². The van der Waals surface area contributed by atoms with E-state index in [1.807, 2.05) is 36.1 Å². The van der Waals surface area contributed by atoms with E-state index in [0.717, 1.165) is 41.2 Å². The molecule has 1 aromatic heterocycles. The Bertz CT molecular complexity index is 648. The second-order valence-electron chi connectivity index (χ2n) is 6.75. The maximum absolute atomic E-state index is 5.96. The van der Waals surface area contributed by atoms with E-state index in [1.54, 1.807) is 0 Å². The number of aromatic nitrogens is 2. The number of hydrogen-bond donors (Lipinski definition) is 0. The quantitative estimate of drug-likeness (QED) is 0.422. The fourth-order valence-corrected chi connectivity index (χ4v) is 3.50. The predicted octanol–water partition coefficient (Wildman–Crippen LogP) is 5.52. The zero-order chi connectivity index (χ0) is 18.8. The highest BCUT2D eigenvalue weighted by Crippen LogP contribution is 2.30. The molecular weight excluding hydrogens is 390 g/mol. The summed E-state index contributed by atoms with van der Waals surface area (Å²) < 4.78 is 8.99. The molecule has 5 heteroatoms. The highest BCUT2D eigenvalue weighted by atomic mass is 79.9. The van der Waals surface area contributed by atoms with E-state index in [9.17, 15) is 0 Å². The molecule has 4 nitrogen and oxygen atoms in total. The number of imidazole rings is 1. The number of halogens is 1. The number of ether oxygens (including phenoxy) is 1. The van der Waals surface area contributed by atoms with E-state index in [-0.39, 0.29) is 0 Å². The molecule has 26 heavy (non-hydrogen) atoms. The van der Waals surface area contributed by atoms with Gasteiger partial charge in [-0.05, 0) is 66.5 Å². The smallest absolute Gasteiger partial charge is 0.140 e. The Morgan fingerprint density at radius 2 is 1.77 bits per heavy atom. The van der Waals surface area contributed by atoms with Crippen molar-refractivity contribution >= 4 is 15.9 Å². The molecule has 2 rings (SSSR count). The number of rotatable bonds is 12. The zero-order valence-electron chi connectivity index (χ0n) is 16.4. The Morgan fingerprint density at radius 3 is 2.35 bits per heavy atom. The number of nitrogens with zero attached hydrogens (tertiary/aromatic N) is 3. The van der Waals surface area contributed by atoms with Crippen LogP contribution >= 0.6 is 15.9 Å². The first-order chi connectivity index (χ1) is 12.7. The van der Waals surface area contributed by atoms with Gasteiger partial charge in [0.2, 0.25) is 0 Å². The Balaban J connectivity index is 1.82. The van der Waals surface area contributed by atoms with Crippen LogP contribution in [0.15, 0.2) is 35.1 Å². The first kappa shape index (κ1) is 21.0. The number of hydrogen-bond acceptors (Lipinski definition) is 3. The molecule has 1 aromatic carbocycles. The summed E-state index contributed by atoms with van der Waals surface area (Å²) in [7, 11) is 2.00. The van der Waals surface area contributed by atoms with Gasteiger partial charge < -0.3 is 14.2 Å². The fourth-order valence-electron chi connectivity index (χ4n) is 2.97. The fraction of sp³-hybridized carbons (Fsp3) is 0.571. The van der Waals surface area contributed by atoms with E-state index >= 15 is 0 Å². The lowest BCUT2D eigenvalue weighted by molar-refractivity contribution is 0.229. The van der Waals surface area contributed by atoms with Crippen molar-refractivity contribution in [1.29, 1.82) is 0 Å². The van der Waals surface area contributed by atoms with Crippen LogP contribution in [-0.4, -0.2) is 40.7 Å². The van der Waals surface area contributed by atoms with E-state index in [4.69, 9.17) is 4.74 Å². The SMILES string of the molecule is CCCCN(CCCC)CCCOc1ccc(-c2nccn2C)c(Br)c1. The molecule has 0 saturated heterocycles. The normalized spacial score (nSPS) is 11.3. The Hall–Kier alpha value is -1.33. The molecule has 144 valence electrons. The molecule has 0 aliphatic heterocycles. The zero-order valence-corrected chi connectivity index (χ0v) is 18.0. The van der Waals surface area contributed by atoms with E-state index in [2.05, 4.69) is 45.7 Å². The highest BCUT2D eigenvalue weighted by Gasteiger charge is 2.09. The van der Waals surface area contributed by atoms with Crippen molar-refractivity contribution in [2.24, 2.45) is 7.05 Å². The van der Waals surface area contributed by atoms with Gasteiger partial charge in [0.05, 0.1) is 6.61 Å². The van der Waals surface area contributed by atoms with E-state index in [1.165, 1.54) is 38.8 Å². The molecule has 0 radical (unpaired) electrons. The second-order valence-corrected chi connectivity index (χ2v) is 7.61. The van der Waals surface area contributed by atoms with Gasteiger partial charge in [-0.3, -0.25) is 0 Å². The van der Waals surface area contributed by atoms with Gasteiger partial charge in [-0.15, -0.1) is 0 Å². The lowest BCUT2D eigenvalue weighted by atomic mass is 10.2. The third-order valence-corrected chi connectivity index (χ3v) is 5.20. The van der Waals surface area contributed by atoms with Crippen molar-refractivity contribution in [3.8, 4) is 17.1 Å². The first-order valence-corrected chi connectivity index (χ1v) is 10.6. The highest BCUT2D eigenvalue weighted by molar-refractivity contribution is 9.10. The predicted molar refractivity (Wildman–Crippen MR) is 113 cm³/mol. The first-order valence-electron chi connectivity index (χ1n) is 9.78. The van der Waals surface area contributed by atoms with Gasteiger partial charge in [0.25, 0.3) is 0 Å². The minimum Gasteiger partial charge on any atom is -0.494 e. The van der Waals surface area contributed by atoms with Gasteiger partial charge in [0, 0.05) is 36.0 Å². The molecule has 0 bridgehead atoms. The number of aryl methyl sites for hydroxylation is 1. The third-order valence-electron chi connectivity index (χ3n) is 4.55. The van der Waals surface area contributed by atoms with E-state index in [0.29, 0.717) is 0 Å². The molecule has 1 heterocycles. The van der Waals surface area contributed by atoms with Crippen molar-refractivity contribution in [2.75, 3.05) is 26.2 Å². The van der Waals surface area contributed by atoms with Crippen LogP contribution in [0.2, 0.25) is 0 Å². The van der Waals surface area contributed by atoms with Crippen molar-refractivity contribution < 1.29 is 4.74 Å². The van der Waals surface area contributed by atoms with Crippen LogP contribution in [-0.2, 0) is 7.05 Å². The molecule has 0 aliphatic carbocycles. The summed E-state index contributed by atoms with van der Waals surface area (Å²) in [4.78, 5) is 6.99. The lowest BCUT2D eigenvalue weighted by Gasteiger charge is -2.21. The minimum atomic E-state index is 0.753. The molecule has 0 spiro atoms. The average molecular weight is 422 g/mol. The summed E-state index contributed by atoms with van der Waals surface area (Å²) >= 11 is 3.65. The summed E-state index contributed by atoms with van der Waals surface area (Å²) in [5.41, 5.74) is 1.08. The second kappa shape index (κ2) is 11.4. The van der Waals surface area contributed by atoms with Crippen LogP contribution in [0.4, 0.5) is 0 Å². The summed E-state index contributed by atoms with van der Waals surface area (Å²) in [6, 6.07) is 6.13. The van der Waals surface area contributed by atoms with Crippen molar-refractivity contribution in [3.63, 3.8) is 0 Å². The van der Waals surface area contributed by atoms with Crippen molar-refractivity contribution in [1.82, 2.24) is 14.5 Å². The van der Waals surface area contributed by atoms with Crippen LogP contribution < -0.4 is 4.74 Å². The Labute approximate surface area is 166 Å². The van der Waals surface area contributed by atoms with Crippen LogP contribution in [0, 0.1) is 0 Å². The number of unbranched alkanes of at least 4 members (excludes halogenated alkanes) is 2. The van der Waals surface area contributed by atoms with Crippen LogP contribution in [0.1, 0.15) is 46.0 Å². The largest absolute Gasteiger partial charge is 0.494 e. The summed E-state index contributed by atoms with van der Waals surface area (Å²) in [6.07, 6.45) is 9.92. The molecule has 0 atom stereocenters. The molecule has 0 saturated carbocycles. The number of benzene rings is 1. The molecule has 0 N–H and O–H groups in total. The van der Waals surface area contributed by atoms with Crippen molar-refractivity contribution in [3.05, 3.63) is 35.1 Å². The molecular formula is C21H32BrN3O. The summed E-state index contributed by atoms with van der Waals surface area (Å²) in [5.74, 6) is 1.86. The van der Waals surface area contributed by atoms with Crippen LogP contribution in [0.25, 0.3) is 11.4 Å². The standard InChI is InChI=1S/C21H32BrN3O/c1-4-6-12-25(13-7-5-2)14-8-16-26-18-9-10-19(20(22)17-18)21-23-11-15-24(21)3/h9-11,15,17H,4-8,12-14,16H2,1-3H3. The average Bonchev–Trinajstić information content (AvgIpc) is 3.06. The maximum Gasteiger partial charge on any atom is 0.140 e. The molecule has 0 aliphatic rings. The van der Waals surface area contributed by atoms with Crippen molar-refractivity contribution in [2.45, 2.75) is 46.0 Å². The molecule has 2 aromatic rings. The Kier molecular flexibility index (Phi) is 9.19.